The largest absolute Gasteiger partial charge is 0.433 e. The number of halogens is 4. The third kappa shape index (κ3) is 3.01. The Bertz CT molecular complexity index is 591. The number of benzene rings is 1. The van der Waals surface area contributed by atoms with Crippen molar-refractivity contribution in [3.05, 3.63) is 28.1 Å². The number of ether oxygens (including phenoxy) is 1. The van der Waals surface area contributed by atoms with Gasteiger partial charge in [0.05, 0.1) is 4.92 Å². The molecule has 100 valence electrons. The van der Waals surface area contributed by atoms with Gasteiger partial charge in [-0.3, -0.25) is 10.1 Å². The molecule has 0 N–H and O–H groups in total. The maximum absolute atomic E-state index is 13.5. The van der Waals surface area contributed by atoms with Crippen molar-refractivity contribution < 1.29 is 31.2 Å². The van der Waals surface area contributed by atoms with Crippen LogP contribution in [0, 0.1) is 15.9 Å². The molecular weight excluding hydrogens is 303 g/mol. The van der Waals surface area contributed by atoms with Crippen LogP contribution in [-0.4, -0.2) is 20.0 Å². The van der Waals surface area contributed by atoms with Crippen LogP contribution in [0.3, 0.4) is 0 Å². The lowest BCUT2D eigenvalue weighted by Crippen LogP contribution is -2.08. The first-order chi connectivity index (χ1) is 8.14. The van der Waals surface area contributed by atoms with E-state index in [-0.39, 0.29) is 0 Å². The first-order valence-electron chi connectivity index (χ1n) is 4.01. The van der Waals surface area contributed by atoms with E-state index in [1.165, 1.54) is 0 Å². The molecule has 0 aliphatic heterocycles. The van der Waals surface area contributed by atoms with Crippen molar-refractivity contribution in [2.75, 3.05) is 0 Å². The Hall–Kier alpha value is -1.55. The molecule has 0 saturated carbocycles. The zero-order valence-electron chi connectivity index (χ0n) is 8.14. The monoisotopic (exact) mass is 305 g/mol. The number of nitro benzene ring substituents is 1. The minimum Gasteiger partial charge on any atom is -0.433 e. The second-order valence-corrected chi connectivity index (χ2v) is 5.30. The zero-order valence-corrected chi connectivity index (χ0v) is 9.71. The van der Waals surface area contributed by atoms with Gasteiger partial charge in [-0.05, 0) is 6.07 Å². The van der Waals surface area contributed by atoms with Gasteiger partial charge in [-0.2, -0.15) is 13.2 Å². The van der Waals surface area contributed by atoms with Crippen LogP contribution in [0.1, 0.15) is 0 Å². The SMILES string of the molecule is O=[N+]([O-])c1ccc(OC(F)F)c(S(=O)(=O)Cl)c1F. The van der Waals surface area contributed by atoms with Crippen molar-refractivity contribution in [3.8, 4) is 5.75 Å². The van der Waals surface area contributed by atoms with E-state index >= 15 is 0 Å². The zero-order chi connectivity index (χ0) is 14.1. The van der Waals surface area contributed by atoms with E-state index in [2.05, 4.69) is 4.74 Å². The predicted octanol–water partition coefficient (Wildman–Crippen LogP) is 2.26. The summed E-state index contributed by atoms with van der Waals surface area (Å²) in [6, 6.07) is 1.00. The van der Waals surface area contributed by atoms with Gasteiger partial charge < -0.3 is 4.74 Å². The fourth-order valence-corrected chi connectivity index (χ4v) is 2.19. The van der Waals surface area contributed by atoms with Crippen LogP contribution in [0.15, 0.2) is 17.0 Å². The molecule has 0 amide bonds. The molecule has 11 heteroatoms. The van der Waals surface area contributed by atoms with Gasteiger partial charge in [-0.15, -0.1) is 0 Å². The van der Waals surface area contributed by atoms with Crippen molar-refractivity contribution >= 4 is 25.4 Å². The third-order valence-corrected chi connectivity index (χ3v) is 3.03. The number of hydrogen-bond acceptors (Lipinski definition) is 5. The number of hydrogen-bond donors (Lipinski definition) is 0. The van der Waals surface area contributed by atoms with Gasteiger partial charge in [0.15, 0.2) is 4.90 Å². The van der Waals surface area contributed by atoms with E-state index in [4.69, 9.17) is 10.7 Å². The molecule has 0 aromatic heterocycles. The third-order valence-electron chi connectivity index (χ3n) is 1.70. The maximum atomic E-state index is 13.5. The molecule has 1 rings (SSSR count). The van der Waals surface area contributed by atoms with Gasteiger partial charge in [-0.25, -0.2) is 8.42 Å². The Kier molecular flexibility index (Phi) is 4.02. The minimum absolute atomic E-state index is 0.485. The molecule has 0 saturated heterocycles. The molecule has 0 spiro atoms. The average Bonchev–Trinajstić information content (AvgIpc) is 2.13. The molecule has 6 nitrogen and oxygen atoms in total. The number of rotatable bonds is 4. The minimum atomic E-state index is -4.83. The second kappa shape index (κ2) is 4.98. The summed E-state index contributed by atoms with van der Waals surface area (Å²) in [7, 11) is -0.0175. The molecule has 0 aliphatic carbocycles. The first kappa shape index (κ1) is 14.5. The van der Waals surface area contributed by atoms with Crippen LogP contribution in [-0.2, 0) is 9.05 Å². The highest BCUT2D eigenvalue weighted by atomic mass is 35.7. The molecule has 1 aromatic carbocycles. The van der Waals surface area contributed by atoms with Gasteiger partial charge in [0.2, 0.25) is 5.82 Å². The summed E-state index contributed by atoms with van der Waals surface area (Å²) >= 11 is 0. The van der Waals surface area contributed by atoms with E-state index in [9.17, 15) is 31.7 Å². The highest BCUT2D eigenvalue weighted by molar-refractivity contribution is 8.13. The van der Waals surface area contributed by atoms with Gasteiger partial charge >= 0.3 is 12.3 Å². The summed E-state index contributed by atoms with van der Waals surface area (Å²) in [5.41, 5.74) is -1.23. The Labute approximate surface area is 102 Å². The number of nitro groups is 1. The summed E-state index contributed by atoms with van der Waals surface area (Å²) < 4.78 is 63.2. The summed E-state index contributed by atoms with van der Waals surface area (Å²) in [4.78, 5) is 7.64. The molecule has 0 atom stereocenters. The average molecular weight is 306 g/mol. The maximum Gasteiger partial charge on any atom is 0.387 e. The fourth-order valence-electron chi connectivity index (χ4n) is 1.08. The van der Waals surface area contributed by atoms with Crippen LogP contribution in [0.5, 0.6) is 5.75 Å². The van der Waals surface area contributed by atoms with E-state index < -0.39 is 42.7 Å². The molecule has 18 heavy (non-hydrogen) atoms. The summed E-state index contributed by atoms with van der Waals surface area (Å²) in [5.74, 6) is -2.98. The summed E-state index contributed by atoms with van der Waals surface area (Å²) in [6.07, 6.45) is 0. The normalized spacial score (nSPS) is 11.6. The van der Waals surface area contributed by atoms with Crippen molar-refractivity contribution in [3.63, 3.8) is 0 Å². The first-order valence-corrected chi connectivity index (χ1v) is 6.32. The molecular formula is C7H3ClF3NO5S. The lowest BCUT2D eigenvalue weighted by Gasteiger charge is -2.08. The molecule has 0 fully saturated rings. The van der Waals surface area contributed by atoms with Crippen molar-refractivity contribution in [2.45, 2.75) is 11.5 Å². The van der Waals surface area contributed by atoms with Gasteiger partial charge in [0.1, 0.15) is 5.75 Å². The highest BCUT2D eigenvalue weighted by Gasteiger charge is 2.30. The van der Waals surface area contributed by atoms with E-state index in [1.54, 1.807) is 0 Å². The Morgan fingerprint density at radius 3 is 2.33 bits per heavy atom. The molecule has 0 unspecified atom stereocenters. The topological polar surface area (TPSA) is 86.5 Å². The fraction of sp³-hybridized carbons (Fsp3) is 0.143. The quantitative estimate of drug-likeness (QED) is 0.484. The van der Waals surface area contributed by atoms with Crippen LogP contribution >= 0.6 is 10.7 Å². The number of nitrogens with zero attached hydrogens (tertiary/aromatic N) is 1. The van der Waals surface area contributed by atoms with E-state index in [1.807, 2.05) is 0 Å². The van der Waals surface area contributed by atoms with Gasteiger partial charge in [0, 0.05) is 16.7 Å². The van der Waals surface area contributed by atoms with Gasteiger partial charge in [0.25, 0.3) is 9.05 Å². The Morgan fingerprint density at radius 1 is 1.39 bits per heavy atom. The summed E-state index contributed by atoms with van der Waals surface area (Å²) in [5, 5.41) is 10.4. The molecule has 0 heterocycles. The predicted molar refractivity (Wildman–Crippen MR) is 52.7 cm³/mol. The second-order valence-electron chi connectivity index (χ2n) is 2.80. The van der Waals surface area contributed by atoms with Crippen molar-refractivity contribution in [2.24, 2.45) is 0 Å². The van der Waals surface area contributed by atoms with Crippen LogP contribution in [0.2, 0.25) is 0 Å². The Morgan fingerprint density at radius 2 is 1.94 bits per heavy atom. The van der Waals surface area contributed by atoms with Crippen molar-refractivity contribution in [1.82, 2.24) is 0 Å². The molecule has 1 aromatic rings. The number of alkyl halides is 2. The smallest absolute Gasteiger partial charge is 0.387 e. The van der Waals surface area contributed by atoms with Crippen molar-refractivity contribution in [1.29, 1.82) is 0 Å². The van der Waals surface area contributed by atoms with Crippen LogP contribution in [0.25, 0.3) is 0 Å². The highest BCUT2D eigenvalue weighted by Crippen LogP contribution is 2.35. The molecule has 0 aliphatic rings. The standard InChI is InChI=1S/C7H3ClF3NO5S/c8-18(15,16)6-4(17-7(10)11)2-1-3(5(6)9)12(13)14/h1-2,7H. The summed E-state index contributed by atoms with van der Waals surface area (Å²) in [6.45, 7) is -3.44. The van der Waals surface area contributed by atoms with Crippen LogP contribution in [0.4, 0.5) is 18.9 Å². The van der Waals surface area contributed by atoms with Gasteiger partial charge in [-0.1, -0.05) is 0 Å². The Balaban J connectivity index is 3.57. The van der Waals surface area contributed by atoms with E-state index in [0.29, 0.717) is 12.1 Å². The molecule has 0 radical (unpaired) electrons. The van der Waals surface area contributed by atoms with Crippen LogP contribution < -0.4 is 4.74 Å². The lowest BCUT2D eigenvalue weighted by molar-refractivity contribution is -0.387. The van der Waals surface area contributed by atoms with E-state index in [0.717, 1.165) is 0 Å². The lowest BCUT2D eigenvalue weighted by atomic mass is 10.3. The molecule has 0 bridgehead atoms.